The lowest BCUT2D eigenvalue weighted by Crippen LogP contribution is -2.01. The van der Waals surface area contributed by atoms with Crippen molar-refractivity contribution in [3.05, 3.63) is 212 Å². The fourth-order valence-corrected chi connectivity index (χ4v) is 8.35. The topological polar surface area (TPSA) is 38.7 Å². The molecule has 0 aliphatic rings. The third-order valence-electron chi connectivity index (χ3n) is 11.3. The summed E-state index contributed by atoms with van der Waals surface area (Å²) in [6, 6.07) is 75.4. The molecule has 0 spiro atoms. The van der Waals surface area contributed by atoms with Gasteiger partial charge in [-0.1, -0.05) is 188 Å². The van der Waals surface area contributed by atoms with Crippen LogP contribution in [0.1, 0.15) is 0 Å². The van der Waals surface area contributed by atoms with Crippen LogP contribution in [0, 0.1) is 0 Å². The van der Waals surface area contributed by atoms with Crippen LogP contribution in [-0.2, 0) is 0 Å². The largest absolute Gasteiger partial charge is 0.208 e. The van der Waals surface area contributed by atoms with Gasteiger partial charge in [0.15, 0.2) is 17.5 Å². The molecule has 0 atom stereocenters. The Morgan fingerprint density at radius 3 is 1.48 bits per heavy atom. The normalized spacial score (nSPS) is 11.4. The van der Waals surface area contributed by atoms with E-state index >= 15 is 0 Å². The van der Waals surface area contributed by atoms with Gasteiger partial charge in [-0.15, -0.1) is 0 Å². The summed E-state index contributed by atoms with van der Waals surface area (Å²) in [4.78, 5) is 15.7. The molecule has 270 valence electrons. The minimum absolute atomic E-state index is 0.631. The molecule has 0 unspecified atom stereocenters. The van der Waals surface area contributed by atoms with E-state index in [0.717, 1.165) is 44.0 Å². The van der Waals surface area contributed by atoms with Crippen molar-refractivity contribution in [1.82, 2.24) is 15.0 Å². The van der Waals surface area contributed by atoms with Gasteiger partial charge in [-0.2, -0.15) is 0 Å². The van der Waals surface area contributed by atoms with Crippen molar-refractivity contribution in [2.24, 2.45) is 0 Å². The summed E-state index contributed by atoms with van der Waals surface area (Å²) < 4.78 is 0. The van der Waals surface area contributed by atoms with Gasteiger partial charge in [-0.3, -0.25) is 0 Å². The van der Waals surface area contributed by atoms with Gasteiger partial charge in [-0.25, -0.2) is 15.0 Å². The van der Waals surface area contributed by atoms with Crippen molar-refractivity contribution in [2.75, 3.05) is 0 Å². The molecule has 10 aromatic carbocycles. The molecule has 0 amide bonds. The first-order valence-electron chi connectivity index (χ1n) is 19.7. The summed E-state index contributed by atoms with van der Waals surface area (Å²) in [7, 11) is 0. The maximum absolute atomic E-state index is 5.26. The average Bonchev–Trinajstić information content (AvgIpc) is 3.31. The third kappa shape index (κ3) is 6.07. The number of fused-ring (bicyclic) bond motifs is 5. The molecule has 0 N–H and O–H groups in total. The summed E-state index contributed by atoms with van der Waals surface area (Å²) in [5.74, 6) is 1.91. The first-order chi connectivity index (χ1) is 28.7. The Bertz CT molecular complexity index is 3330. The van der Waals surface area contributed by atoms with E-state index in [4.69, 9.17) is 15.0 Å². The van der Waals surface area contributed by atoms with E-state index in [1.54, 1.807) is 0 Å². The second-order valence-corrected chi connectivity index (χ2v) is 14.8. The summed E-state index contributed by atoms with van der Waals surface area (Å²) in [5.41, 5.74) is 9.89. The van der Waals surface area contributed by atoms with E-state index in [1.807, 2.05) is 0 Å². The third-order valence-corrected chi connectivity index (χ3v) is 11.3. The van der Waals surface area contributed by atoms with Crippen molar-refractivity contribution in [3.8, 4) is 67.5 Å². The second kappa shape index (κ2) is 14.1. The van der Waals surface area contributed by atoms with Gasteiger partial charge < -0.3 is 0 Å². The molecule has 11 rings (SSSR count). The van der Waals surface area contributed by atoms with Gasteiger partial charge in [0.2, 0.25) is 0 Å². The van der Waals surface area contributed by atoms with Crippen molar-refractivity contribution in [1.29, 1.82) is 0 Å². The first kappa shape index (κ1) is 33.6. The molecule has 3 heteroatoms. The van der Waals surface area contributed by atoms with Crippen molar-refractivity contribution in [3.63, 3.8) is 0 Å². The predicted molar refractivity (Wildman–Crippen MR) is 242 cm³/mol. The van der Waals surface area contributed by atoms with Crippen LogP contribution in [-0.4, -0.2) is 15.0 Å². The molecule has 0 aliphatic heterocycles. The lowest BCUT2D eigenvalue weighted by molar-refractivity contribution is 1.08. The van der Waals surface area contributed by atoms with E-state index in [1.165, 1.54) is 49.2 Å². The van der Waals surface area contributed by atoms with Crippen molar-refractivity contribution >= 4 is 43.1 Å². The highest BCUT2D eigenvalue weighted by atomic mass is 15.0. The standard InChI is InChI=1S/C55H35N3/c1-2-12-36(13-3-1)41-28-29-43-34-46(31-30-42(43)32-41)54-56-53(57-55(58-54)52-35-44-15-5-7-20-49(44)50-21-8-9-22-51(50)52)45-18-10-17-40(33-45)37-24-26-39(27-25-37)48-23-11-16-38-14-4-6-19-47(38)48/h1-35H. The van der Waals surface area contributed by atoms with E-state index in [9.17, 15) is 0 Å². The molecule has 0 radical (unpaired) electrons. The van der Waals surface area contributed by atoms with Crippen LogP contribution in [0.3, 0.4) is 0 Å². The van der Waals surface area contributed by atoms with Crippen LogP contribution in [0.2, 0.25) is 0 Å². The van der Waals surface area contributed by atoms with E-state index in [-0.39, 0.29) is 0 Å². The number of benzene rings is 10. The van der Waals surface area contributed by atoms with E-state index < -0.39 is 0 Å². The molecule has 0 aliphatic carbocycles. The summed E-state index contributed by atoms with van der Waals surface area (Å²) in [5, 5.41) is 9.43. The van der Waals surface area contributed by atoms with E-state index in [0.29, 0.717) is 17.5 Å². The fourth-order valence-electron chi connectivity index (χ4n) is 8.35. The van der Waals surface area contributed by atoms with Crippen LogP contribution in [0.25, 0.3) is 111 Å². The zero-order valence-electron chi connectivity index (χ0n) is 31.5. The predicted octanol–water partition coefficient (Wildman–Crippen LogP) is 14.5. The number of nitrogens with zero attached hydrogens (tertiary/aromatic N) is 3. The highest BCUT2D eigenvalue weighted by Crippen LogP contribution is 2.37. The lowest BCUT2D eigenvalue weighted by Gasteiger charge is -2.13. The lowest BCUT2D eigenvalue weighted by atomic mass is 9.95. The maximum atomic E-state index is 5.26. The molecule has 0 fully saturated rings. The Labute approximate surface area is 336 Å². The van der Waals surface area contributed by atoms with Gasteiger partial charge in [-0.05, 0) is 101 Å². The van der Waals surface area contributed by atoms with Gasteiger partial charge in [0, 0.05) is 16.7 Å². The molecule has 1 heterocycles. The summed E-state index contributed by atoms with van der Waals surface area (Å²) in [6.45, 7) is 0. The maximum Gasteiger partial charge on any atom is 0.164 e. The summed E-state index contributed by atoms with van der Waals surface area (Å²) in [6.07, 6.45) is 0. The minimum atomic E-state index is 0.631. The highest BCUT2D eigenvalue weighted by molar-refractivity contribution is 6.13. The Morgan fingerprint density at radius 2 is 0.690 bits per heavy atom. The highest BCUT2D eigenvalue weighted by Gasteiger charge is 2.17. The Balaban J connectivity index is 1.04. The molecule has 0 saturated heterocycles. The van der Waals surface area contributed by atoms with E-state index in [2.05, 4.69) is 212 Å². The molecule has 11 aromatic rings. The van der Waals surface area contributed by atoms with Gasteiger partial charge in [0.05, 0.1) is 0 Å². The fraction of sp³-hybridized carbons (Fsp3) is 0. The minimum Gasteiger partial charge on any atom is -0.208 e. The zero-order chi connectivity index (χ0) is 38.4. The Hall–Kier alpha value is -7.75. The van der Waals surface area contributed by atoms with Crippen LogP contribution in [0.15, 0.2) is 212 Å². The number of aromatic nitrogens is 3. The summed E-state index contributed by atoms with van der Waals surface area (Å²) >= 11 is 0. The molecular formula is C55H35N3. The van der Waals surface area contributed by atoms with Crippen LogP contribution >= 0.6 is 0 Å². The smallest absolute Gasteiger partial charge is 0.164 e. The SMILES string of the molecule is c1ccc(-c2ccc3cc(-c4nc(-c5cccc(-c6ccc(-c7cccc8ccccc78)cc6)c5)nc(-c5cc6ccccc6c6ccccc56)n4)ccc3c2)cc1. The monoisotopic (exact) mass is 737 g/mol. The van der Waals surface area contributed by atoms with Gasteiger partial charge in [0.25, 0.3) is 0 Å². The van der Waals surface area contributed by atoms with Crippen molar-refractivity contribution < 1.29 is 0 Å². The van der Waals surface area contributed by atoms with Crippen LogP contribution in [0.5, 0.6) is 0 Å². The second-order valence-electron chi connectivity index (χ2n) is 14.8. The van der Waals surface area contributed by atoms with Gasteiger partial charge in [0.1, 0.15) is 0 Å². The van der Waals surface area contributed by atoms with Crippen LogP contribution < -0.4 is 0 Å². The average molecular weight is 738 g/mol. The molecule has 1 aromatic heterocycles. The Kier molecular flexibility index (Phi) is 8.15. The molecule has 0 saturated carbocycles. The molecule has 3 nitrogen and oxygen atoms in total. The molecular weight excluding hydrogens is 703 g/mol. The van der Waals surface area contributed by atoms with Gasteiger partial charge >= 0.3 is 0 Å². The number of rotatable bonds is 6. The zero-order valence-corrected chi connectivity index (χ0v) is 31.5. The number of hydrogen-bond acceptors (Lipinski definition) is 3. The van der Waals surface area contributed by atoms with Crippen molar-refractivity contribution in [2.45, 2.75) is 0 Å². The molecule has 0 bridgehead atoms. The first-order valence-corrected chi connectivity index (χ1v) is 19.7. The quantitative estimate of drug-likeness (QED) is 0.160. The molecule has 58 heavy (non-hydrogen) atoms. The van der Waals surface area contributed by atoms with Crippen LogP contribution in [0.4, 0.5) is 0 Å². The number of hydrogen-bond donors (Lipinski definition) is 0. The Morgan fingerprint density at radius 1 is 0.207 bits per heavy atom.